The van der Waals surface area contributed by atoms with Crippen molar-refractivity contribution in [3.8, 4) is 11.3 Å². The van der Waals surface area contributed by atoms with Crippen LogP contribution in [0.2, 0.25) is 5.02 Å². The molecule has 0 amide bonds. The minimum Gasteiger partial charge on any atom is -0.478 e. The molecule has 1 aliphatic heterocycles. The molecular formula is C27H29ClN4O4. The molecule has 188 valence electrons. The Bertz CT molecular complexity index is 1210. The maximum absolute atomic E-state index is 9.55. The predicted octanol–water partition coefficient (Wildman–Crippen LogP) is 4.54. The van der Waals surface area contributed by atoms with E-state index in [0.717, 1.165) is 41.6 Å². The molecule has 2 N–H and O–H groups in total. The zero-order valence-electron chi connectivity index (χ0n) is 20.4. The number of anilines is 1. The molecule has 1 aliphatic rings. The fourth-order valence-electron chi connectivity index (χ4n) is 4.02. The van der Waals surface area contributed by atoms with Crippen molar-refractivity contribution in [3.63, 3.8) is 0 Å². The highest BCUT2D eigenvalue weighted by molar-refractivity contribution is 6.30. The van der Waals surface area contributed by atoms with Crippen LogP contribution >= 0.6 is 11.6 Å². The van der Waals surface area contributed by atoms with E-state index in [0.29, 0.717) is 18.1 Å². The van der Waals surface area contributed by atoms with Gasteiger partial charge in [-0.3, -0.25) is 0 Å². The quantitative estimate of drug-likeness (QED) is 0.484. The molecule has 0 saturated heterocycles. The Morgan fingerprint density at radius 3 is 2.22 bits per heavy atom. The minimum atomic E-state index is -1.26. The zero-order chi connectivity index (χ0) is 26.2. The summed E-state index contributed by atoms with van der Waals surface area (Å²) in [4.78, 5) is 23.5. The number of carboxylic acids is 2. The molecule has 0 spiro atoms. The van der Waals surface area contributed by atoms with E-state index in [9.17, 15) is 9.59 Å². The smallest absolute Gasteiger partial charge is 0.328 e. The molecule has 9 heteroatoms. The number of benzene rings is 2. The first-order chi connectivity index (χ1) is 17.1. The number of aromatic nitrogens is 2. The molecule has 1 unspecified atom stereocenters. The second kappa shape index (κ2) is 12.3. The molecule has 1 atom stereocenters. The molecule has 4 rings (SSSR count). The van der Waals surface area contributed by atoms with Gasteiger partial charge >= 0.3 is 11.9 Å². The van der Waals surface area contributed by atoms with Crippen LogP contribution in [0.1, 0.15) is 29.0 Å². The molecule has 0 radical (unpaired) electrons. The molecule has 0 saturated carbocycles. The summed E-state index contributed by atoms with van der Waals surface area (Å²) < 4.78 is 0. The van der Waals surface area contributed by atoms with Crippen molar-refractivity contribution in [1.29, 1.82) is 0 Å². The van der Waals surface area contributed by atoms with Gasteiger partial charge in [-0.2, -0.15) is 0 Å². The van der Waals surface area contributed by atoms with E-state index in [2.05, 4.69) is 52.5 Å². The Kier molecular flexibility index (Phi) is 9.16. The van der Waals surface area contributed by atoms with Gasteiger partial charge in [-0.15, -0.1) is 10.2 Å². The summed E-state index contributed by atoms with van der Waals surface area (Å²) >= 11 is 6.10. The lowest BCUT2D eigenvalue weighted by Crippen LogP contribution is -2.17. The van der Waals surface area contributed by atoms with E-state index >= 15 is 0 Å². The minimum absolute atomic E-state index is 0.383. The number of aliphatic carboxylic acids is 2. The topological polar surface area (TPSA) is 107 Å². The highest BCUT2D eigenvalue weighted by Crippen LogP contribution is 2.36. The molecule has 36 heavy (non-hydrogen) atoms. The number of hydrogen-bond acceptors (Lipinski definition) is 6. The van der Waals surface area contributed by atoms with Crippen molar-refractivity contribution >= 4 is 29.4 Å². The van der Waals surface area contributed by atoms with Crippen molar-refractivity contribution < 1.29 is 19.8 Å². The van der Waals surface area contributed by atoms with Crippen LogP contribution in [0.3, 0.4) is 0 Å². The summed E-state index contributed by atoms with van der Waals surface area (Å²) in [7, 11) is 6.13. The average molecular weight is 509 g/mol. The molecule has 2 heterocycles. The van der Waals surface area contributed by atoms with Crippen molar-refractivity contribution in [2.24, 2.45) is 0 Å². The van der Waals surface area contributed by atoms with Crippen molar-refractivity contribution in [3.05, 3.63) is 88.5 Å². The van der Waals surface area contributed by atoms with Crippen LogP contribution in [0.4, 0.5) is 5.82 Å². The van der Waals surface area contributed by atoms with Crippen LogP contribution in [-0.4, -0.2) is 64.9 Å². The third kappa shape index (κ3) is 7.37. The van der Waals surface area contributed by atoms with Crippen molar-refractivity contribution in [2.45, 2.75) is 18.9 Å². The number of halogens is 1. The zero-order valence-corrected chi connectivity index (χ0v) is 21.2. The highest BCUT2D eigenvalue weighted by Gasteiger charge is 2.23. The summed E-state index contributed by atoms with van der Waals surface area (Å²) in [5.74, 6) is -1.27. The third-order valence-corrected chi connectivity index (χ3v) is 6.06. The van der Waals surface area contributed by atoms with Gasteiger partial charge < -0.3 is 20.0 Å². The number of nitrogens with zero attached hydrogens (tertiary/aromatic N) is 4. The average Bonchev–Trinajstić information content (AvgIpc) is 3.01. The fraction of sp³-hybridized carbons (Fsp3) is 0.259. The SMILES string of the molecule is CN1CCC(c2ccc(Cl)cc2)c2ccc(-c3ccc(N(C)C)nn3)cc2C1.O=C(O)/C=C\C(=O)O. The first kappa shape index (κ1) is 26.8. The lowest BCUT2D eigenvalue weighted by Gasteiger charge is -2.19. The van der Waals surface area contributed by atoms with Gasteiger partial charge in [0.1, 0.15) is 0 Å². The second-order valence-corrected chi connectivity index (χ2v) is 9.16. The first-order valence-electron chi connectivity index (χ1n) is 11.4. The molecule has 1 aromatic heterocycles. The maximum Gasteiger partial charge on any atom is 0.328 e. The fourth-order valence-corrected chi connectivity index (χ4v) is 4.14. The van der Waals surface area contributed by atoms with Crippen LogP contribution < -0.4 is 4.90 Å². The number of rotatable bonds is 5. The van der Waals surface area contributed by atoms with Gasteiger partial charge in [0, 0.05) is 49.3 Å². The molecule has 0 bridgehead atoms. The largest absolute Gasteiger partial charge is 0.478 e. The summed E-state index contributed by atoms with van der Waals surface area (Å²) in [6, 6.07) is 19.1. The van der Waals surface area contributed by atoms with Gasteiger partial charge in [0.05, 0.1) is 5.69 Å². The Morgan fingerprint density at radius 2 is 1.67 bits per heavy atom. The molecule has 3 aromatic rings. The van der Waals surface area contributed by atoms with Crippen LogP contribution in [0, 0.1) is 0 Å². The van der Waals surface area contributed by atoms with Gasteiger partial charge in [0.2, 0.25) is 0 Å². The Morgan fingerprint density at radius 1 is 1.00 bits per heavy atom. The van der Waals surface area contributed by atoms with Gasteiger partial charge in [-0.25, -0.2) is 9.59 Å². The monoisotopic (exact) mass is 508 g/mol. The van der Waals surface area contributed by atoms with E-state index in [4.69, 9.17) is 21.8 Å². The highest BCUT2D eigenvalue weighted by atomic mass is 35.5. The summed E-state index contributed by atoms with van der Waals surface area (Å²) in [6.45, 7) is 2.01. The van der Waals surface area contributed by atoms with E-state index < -0.39 is 11.9 Å². The molecule has 0 aliphatic carbocycles. The van der Waals surface area contributed by atoms with Gasteiger partial charge in [-0.05, 0) is 67.0 Å². The van der Waals surface area contributed by atoms with Gasteiger partial charge in [0.15, 0.2) is 5.82 Å². The third-order valence-electron chi connectivity index (χ3n) is 5.80. The van der Waals surface area contributed by atoms with Gasteiger partial charge in [0.25, 0.3) is 0 Å². The second-order valence-electron chi connectivity index (χ2n) is 8.73. The lowest BCUT2D eigenvalue weighted by atomic mass is 9.86. The Labute approximate surface area is 215 Å². The standard InChI is InChI=1S/C23H25ClN4.C4H4O4/c1-27(2)23-11-10-22(25-26-23)17-6-9-20-18(14-17)15-28(3)13-12-21(20)16-4-7-19(24)8-5-16;5-3(6)1-2-4(7)8/h4-11,14,21H,12-13,15H2,1-3H3;1-2H,(H,5,6)(H,7,8)/b;2-1-. The van der Waals surface area contributed by atoms with E-state index in [1.807, 2.05) is 43.3 Å². The normalized spacial score (nSPS) is 15.4. The molecule has 0 fully saturated rings. The summed E-state index contributed by atoms with van der Waals surface area (Å²) in [5, 5.41) is 25.2. The molecule has 8 nitrogen and oxygen atoms in total. The first-order valence-corrected chi connectivity index (χ1v) is 11.7. The predicted molar refractivity (Wildman–Crippen MR) is 140 cm³/mol. The van der Waals surface area contributed by atoms with Gasteiger partial charge in [-0.1, -0.05) is 35.9 Å². The number of carbonyl (C=O) groups is 2. The Balaban J connectivity index is 0.000000392. The van der Waals surface area contributed by atoms with Crippen molar-refractivity contribution in [2.75, 3.05) is 32.6 Å². The van der Waals surface area contributed by atoms with E-state index in [1.54, 1.807) is 0 Å². The van der Waals surface area contributed by atoms with E-state index in [1.165, 1.54) is 16.7 Å². The van der Waals surface area contributed by atoms with Crippen LogP contribution in [0.25, 0.3) is 11.3 Å². The van der Waals surface area contributed by atoms with E-state index in [-0.39, 0.29) is 0 Å². The van der Waals surface area contributed by atoms with Crippen LogP contribution in [0.5, 0.6) is 0 Å². The van der Waals surface area contributed by atoms with Crippen molar-refractivity contribution in [1.82, 2.24) is 15.1 Å². The lowest BCUT2D eigenvalue weighted by molar-refractivity contribution is -0.134. The summed E-state index contributed by atoms with van der Waals surface area (Å²) in [6.07, 6.45) is 2.21. The number of hydrogen-bond donors (Lipinski definition) is 2. The molecular weight excluding hydrogens is 480 g/mol. The van der Waals surface area contributed by atoms with Crippen LogP contribution in [-0.2, 0) is 16.1 Å². The summed E-state index contributed by atoms with van der Waals surface area (Å²) in [5.41, 5.74) is 6.10. The van der Waals surface area contributed by atoms with Crippen LogP contribution in [0.15, 0.2) is 66.7 Å². The number of fused-ring (bicyclic) bond motifs is 1. The maximum atomic E-state index is 9.55. The Hall–Kier alpha value is -3.75. The molecule has 2 aromatic carbocycles. The number of carboxylic acid groups (broad SMARTS) is 2.